The third kappa shape index (κ3) is 1.85. The number of hydrogen-bond acceptors (Lipinski definition) is 2. The van der Waals surface area contributed by atoms with Crippen molar-refractivity contribution in [1.29, 1.82) is 0 Å². The van der Waals surface area contributed by atoms with Crippen LogP contribution in [0.1, 0.15) is 38.5 Å². The van der Waals surface area contributed by atoms with E-state index in [0.29, 0.717) is 12.6 Å². The van der Waals surface area contributed by atoms with E-state index in [0.717, 1.165) is 25.7 Å². The van der Waals surface area contributed by atoms with Crippen LogP contribution >= 0.6 is 0 Å². The van der Waals surface area contributed by atoms with E-state index in [2.05, 4.69) is 10.6 Å². The number of nitrogens with one attached hydrogen (secondary N) is 2. The fourth-order valence-corrected chi connectivity index (χ4v) is 2.00. The van der Waals surface area contributed by atoms with E-state index in [1.165, 1.54) is 12.8 Å². The molecule has 0 radical (unpaired) electrons. The molecule has 0 heterocycles. The van der Waals surface area contributed by atoms with Crippen molar-refractivity contribution < 1.29 is 4.79 Å². The van der Waals surface area contributed by atoms with Crippen LogP contribution in [-0.2, 0) is 0 Å². The lowest BCUT2D eigenvalue weighted by Gasteiger charge is -2.42. The van der Waals surface area contributed by atoms with E-state index in [-0.39, 0.29) is 11.6 Å². The van der Waals surface area contributed by atoms with Crippen molar-refractivity contribution >= 4 is 6.03 Å². The summed E-state index contributed by atoms with van der Waals surface area (Å²) in [4.78, 5) is 11.5. The molecule has 2 saturated carbocycles. The monoisotopic (exact) mass is 197 g/mol. The summed E-state index contributed by atoms with van der Waals surface area (Å²) < 4.78 is 0. The van der Waals surface area contributed by atoms with Crippen LogP contribution in [0.15, 0.2) is 0 Å². The van der Waals surface area contributed by atoms with Gasteiger partial charge in [0.15, 0.2) is 0 Å². The number of hydrogen-bond donors (Lipinski definition) is 3. The molecule has 14 heavy (non-hydrogen) atoms. The number of rotatable bonds is 3. The Kier molecular flexibility index (Phi) is 2.63. The summed E-state index contributed by atoms with van der Waals surface area (Å²) in [6.45, 7) is 0.561. The maximum atomic E-state index is 11.5. The van der Waals surface area contributed by atoms with Crippen molar-refractivity contribution in [2.45, 2.75) is 50.1 Å². The van der Waals surface area contributed by atoms with Crippen molar-refractivity contribution in [2.24, 2.45) is 5.73 Å². The lowest BCUT2D eigenvalue weighted by molar-refractivity contribution is 0.176. The van der Waals surface area contributed by atoms with Gasteiger partial charge in [0.05, 0.1) is 5.54 Å². The molecule has 4 N–H and O–H groups in total. The second kappa shape index (κ2) is 3.77. The Bertz CT molecular complexity index is 216. The Balaban J connectivity index is 1.75. The number of carbonyl (C=O) groups excluding carboxylic acids is 1. The zero-order chi connectivity index (χ0) is 10.0. The Hall–Kier alpha value is -0.770. The number of amides is 2. The Labute approximate surface area is 84.6 Å². The van der Waals surface area contributed by atoms with Crippen LogP contribution in [0.3, 0.4) is 0 Å². The Morgan fingerprint density at radius 2 is 2.07 bits per heavy atom. The van der Waals surface area contributed by atoms with E-state index >= 15 is 0 Å². The maximum Gasteiger partial charge on any atom is 0.315 e. The van der Waals surface area contributed by atoms with Crippen molar-refractivity contribution in [1.82, 2.24) is 10.6 Å². The zero-order valence-electron chi connectivity index (χ0n) is 8.51. The molecule has 0 unspecified atom stereocenters. The molecule has 4 nitrogen and oxygen atoms in total. The minimum Gasteiger partial charge on any atom is -0.335 e. The zero-order valence-corrected chi connectivity index (χ0v) is 8.51. The third-order valence-corrected chi connectivity index (χ3v) is 3.52. The van der Waals surface area contributed by atoms with E-state index in [1.807, 2.05) is 0 Å². The average Bonchev–Trinajstić information content (AvgIpc) is 2.04. The molecule has 0 aromatic heterocycles. The number of nitrogens with two attached hydrogens (primary N) is 1. The van der Waals surface area contributed by atoms with Crippen LogP contribution < -0.4 is 16.4 Å². The average molecular weight is 197 g/mol. The van der Waals surface area contributed by atoms with Gasteiger partial charge in [0.25, 0.3) is 0 Å². The van der Waals surface area contributed by atoms with Gasteiger partial charge in [-0.3, -0.25) is 0 Å². The number of urea groups is 1. The number of carbonyl (C=O) groups is 1. The molecule has 80 valence electrons. The summed E-state index contributed by atoms with van der Waals surface area (Å²) in [6.07, 6.45) is 6.74. The molecule has 2 aliphatic carbocycles. The molecule has 0 aliphatic heterocycles. The predicted molar refractivity (Wildman–Crippen MR) is 54.9 cm³/mol. The van der Waals surface area contributed by atoms with Gasteiger partial charge in [-0.1, -0.05) is 0 Å². The maximum absolute atomic E-state index is 11.5. The highest BCUT2D eigenvalue weighted by Gasteiger charge is 2.37. The van der Waals surface area contributed by atoms with Gasteiger partial charge >= 0.3 is 6.03 Å². The first-order valence-corrected chi connectivity index (χ1v) is 5.53. The molecular weight excluding hydrogens is 178 g/mol. The first-order valence-electron chi connectivity index (χ1n) is 5.53. The van der Waals surface area contributed by atoms with Crippen LogP contribution in [-0.4, -0.2) is 24.2 Å². The lowest BCUT2D eigenvalue weighted by atomic mass is 9.77. The molecule has 0 spiro atoms. The van der Waals surface area contributed by atoms with Crippen molar-refractivity contribution in [2.75, 3.05) is 6.54 Å². The van der Waals surface area contributed by atoms with Crippen molar-refractivity contribution in [3.8, 4) is 0 Å². The quantitative estimate of drug-likeness (QED) is 0.624. The van der Waals surface area contributed by atoms with Gasteiger partial charge in [-0.25, -0.2) is 4.79 Å². The van der Waals surface area contributed by atoms with Gasteiger partial charge in [0, 0.05) is 12.6 Å². The fourth-order valence-electron chi connectivity index (χ4n) is 2.00. The Morgan fingerprint density at radius 1 is 1.36 bits per heavy atom. The fraction of sp³-hybridized carbons (Fsp3) is 0.900. The van der Waals surface area contributed by atoms with Gasteiger partial charge in [-0.2, -0.15) is 0 Å². The van der Waals surface area contributed by atoms with Crippen LogP contribution in [0.25, 0.3) is 0 Å². The summed E-state index contributed by atoms with van der Waals surface area (Å²) in [5.74, 6) is 0. The second-order valence-electron chi connectivity index (χ2n) is 4.56. The van der Waals surface area contributed by atoms with Crippen molar-refractivity contribution in [3.63, 3.8) is 0 Å². The van der Waals surface area contributed by atoms with Gasteiger partial charge in [-0.05, 0) is 38.5 Å². The first-order chi connectivity index (χ1) is 6.74. The van der Waals surface area contributed by atoms with Crippen LogP contribution in [0.4, 0.5) is 4.79 Å². The van der Waals surface area contributed by atoms with Gasteiger partial charge in [0.1, 0.15) is 0 Å². The molecule has 0 aromatic rings. The third-order valence-electron chi connectivity index (χ3n) is 3.52. The summed E-state index contributed by atoms with van der Waals surface area (Å²) in [5.41, 5.74) is 5.56. The molecule has 0 bridgehead atoms. The minimum atomic E-state index is -0.0895. The molecule has 0 aromatic carbocycles. The summed E-state index contributed by atoms with van der Waals surface area (Å²) >= 11 is 0. The summed E-state index contributed by atoms with van der Waals surface area (Å²) in [5, 5.41) is 5.97. The minimum absolute atomic E-state index is 0.0279. The first kappa shape index (κ1) is 9.77. The van der Waals surface area contributed by atoms with E-state index in [4.69, 9.17) is 5.73 Å². The smallest absolute Gasteiger partial charge is 0.315 e. The molecular formula is C10H19N3O. The Morgan fingerprint density at radius 3 is 2.43 bits per heavy atom. The molecule has 0 saturated heterocycles. The van der Waals surface area contributed by atoms with Crippen LogP contribution in [0.5, 0.6) is 0 Å². The summed E-state index contributed by atoms with van der Waals surface area (Å²) in [7, 11) is 0. The van der Waals surface area contributed by atoms with Gasteiger partial charge in [0.2, 0.25) is 0 Å². The van der Waals surface area contributed by atoms with E-state index in [9.17, 15) is 4.79 Å². The standard InChI is InChI=1S/C10H19N3O/c11-7-10(5-2-6-10)13-9(14)12-8-3-1-4-8/h8H,1-7,11H2,(H2,12,13,14). The SMILES string of the molecule is NCC1(NC(=O)NC2CCC2)CCC1. The normalized spacial score (nSPS) is 24.6. The highest BCUT2D eigenvalue weighted by atomic mass is 16.2. The van der Waals surface area contributed by atoms with Crippen LogP contribution in [0.2, 0.25) is 0 Å². The second-order valence-corrected chi connectivity index (χ2v) is 4.56. The molecule has 2 amide bonds. The lowest BCUT2D eigenvalue weighted by Crippen LogP contribution is -2.61. The van der Waals surface area contributed by atoms with Crippen LogP contribution in [0, 0.1) is 0 Å². The topological polar surface area (TPSA) is 67.1 Å². The summed E-state index contributed by atoms with van der Waals surface area (Å²) in [6, 6.07) is 0.379. The van der Waals surface area contributed by atoms with Crippen molar-refractivity contribution in [3.05, 3.63) is 0 Å². The van der Waals surface area contributed by atoms with E-state index in [1.54, 1.807) is 0 Å². The molecule has 4 heteroatoms. The largest absolute Gasteiger partial charge is 0.335 e. The van der Waals surface area contributed by atoms with Gasteiger partial charge in [-0.15, -0.1) is 0 Å². The van der Waals surface area contributed by atoms with Gasteiger partial charge < -0.3 is 16.4 Å². The van der Waals surface area contributed by atoms with E-state index < -0.39 is 0 Å². The predicted octanol–water partition coefficient (Wildman–Crippen LogP) is 0.719. The molecule has 2 aliphatic rings. The molecule has 0 atom stereocenters. The highest BCUT2D eigenvalue weighted by molar-refractivity contribution is 5.75. The highest BCUT2D eigenvalue weighted by Crippen LogP contribution is 2.30. The molecule has 2 rings (SSSR count). The molecule has 2 fully saturated rings.